The van der Waals surface area contributed by atoms with Crippen LogP contribution in [0.15, 0.2) is 18.2 Å². The Morgan fingerprint density at radius 1 is 1.29 bits per heavy atom. The van der Waals surface area contributed by atoms with E-state index in [2.05, 4.69) is 5.32 Å². The summed E-state index contributed by atoms with van der Waals surface area (Å²) < 4.78 is 0. The van der Waals surface area contributed by atoms with E-state index in [1.807, 2.05) is 0 Å². The highest BCUT2D eigenvalue weighted by molar-refractivity contribution is 6.33. The van der Waals surface area contributed by atoms with Crippen molar-refractivity contribution in [2.24, 2.45) is 5.92 Å². The smallest absolute Gasteiger partial charge is 0.140 e. The summed E-state index contributed by atoms with van der Waals surface area (Å²) in [7, 11) is 0. The molecule has 1 aromatic carbocycles. The summed E-state index contributed by atoms with van der Waals surface area (Å²) >= 11 is 12.0. The molecule has 0 spiro atoms. The van der Waals surface area contributed by atoms with Crippen LogP contribution in [-0.4, -0.2) is 18.9 Å². The molecule has 1 fully saturated rings. The molecule has 17 heavy (non-hydrogen) atoms. The molecular weight excluding hydrogens is 257 g/mol. The van der Waals surface area contributed by atoms with Crippen molar-refractivity contribution in [3.8, 4) is 0 Å². The fraction of sp³-hybridized carbons (Fsp3) is 0.462. The summed E-state index contributed by atoms with van der Waals surface area (Å²) in [5.74, 6) is 0.446. The number of carbonyl (C=O) groups excluding carboxylic acids is 1. The molecule has 0 saturated carbocycles. The molecule has 1 N–H and O–H groups in total. The Morgan fingerprint density at radius 3 is 2.71 bits per heavy atom. The van der Waals surface area contributed by atoms with Crippen LogP contribution < -0.4 is 5.32 Å². The fourth-order valence-electron chi connectivity index (χ4n) is 2.15. The zero-order valence-electron chi connectivity index (χ0n) is 9.51. The standard InChI is InChI=1S/C13H15Cl2NO/c14-11-1-2-12(15)10(7-11)8-13(17)9-3-5-16-6-4-9/h1-2,7,9,16H,3-6,8H2. The van der Waals surface area contributed by atoms with Crippen molar-refractivity contribution in [3.63, 3.8) is 0 Å². The maximum absolute atomic E-state index is 12.1. The molecule has 1 aliphatic rings. The summed E-state index contributed by atoms with van der Waals surface area (Å²) in [6.45, 7) is 1.86. The third kappa shape index (κ3) is 3.44. The van der Waals surface area contributed by atoms with Crippen LogP contribution in [0.1, 0.15) is 18.4 Å². The number of piperidine rings is 1. The number of nitrogens with one attached hydrogen (secondary N) is 1. The van der Waals surface area contributed by atoms with Gasteiger partial charge in [0.15, 0.2) is 0 Å². The molecule has 2 nitrogen and oxygen atoms in total. The average molecular weight is 272 g/mol. The van der Waals surface area contributed by atoms with Gasteiger partial charge in [-0.05, 0) is 49.7 Å². The van der Waals surface area contributed by atoms with Gasteiger partial charge in [0.05, 0.1) is 0 Å². The number of hydrogen-bond acceptors (Lipinski definition) is 2. The van der Waals surface area contributed by atoms with E-state index in [4.69, 9.17) is 23.2 Å². The lowest BCUT2D eigenvalue weighted by atomic mass is 9.90. The summed E-state index contributed by atoms with van der Waals surface area (Å²) in [5, 5.41) is 4.50. The highest BCUT2D eigenvalue weighted by Gasteiger charge is 2.21. The van der Waals surface area contributed by atoms with Crippen molar-refractivity contribution in [3.05, 3.63) is 33.8 Å². The molecule has 0 atom stereocenters. The van der Waals surface area contributed by atoms with Gasteiger partial charge < -0.3 is 5.32 Å². The van der Waals surface area contributed by atoms with Crippen molar-refractivity contribution in [1.29, 1.82) is 0 Å². The molecule has 0 aliphatic carbocycles. The summed E-state index contributed by atoms with van der Waals surface area (Å²) in [4.78, 5) is 12.1. The molecule has 0 aromatic heterocycles. The second kappa shape index (κ2) is 5.85. The van der Waals surface area contributed by atoms with Gasteiger partial charge in [-0.25, -0.2) is 0 Å². The first-order chi connectivity index (χ1) is 8.16. The van der Waals surface area contributed by atoms with Crippen molar-refractivity contribution in [1.82, 2.24) is 5.32 Å². The number of halogens is 2. The van der Waals surface area contributed by atoms with Crippen molar-refractivity contribution in [2.45, 2.75) is 19.3 Å². The molecule has 1 aromatic rings. The highest BCUT2D eigenvalue weighted by Crippen LogP contribution is 2.23. The van der Waals surface area contributed by atoms with Crippen LogP contribution in [0.4, 0.5) is 0 Å². The van der Waals surface area contributed by atoms with Gasteiger partial charge in [-0.3, -0.25) is 4.79 Å². The Morgan fingerprint density at radius 2 is 2.00 bits per heavy atom. The van der Waals surface area contributed by atoms with Crippen LogP contribution >= 0.6 is 23.2 Å². The van der Waals surface area contributed by atoms with Gasteiger partial charge in [0.25, 0.3) is 0 Å². The van der Waals surface area contributed by atoms with Crippen molar-refractivity contribution >= 4 is 29.0 Å². The zero-order valence-corrected chi connectivity index (χ0v) is 11.0. The quantitative estimate of drug-likeness (QED) is 0.916. The molecule has 1 heterocycles. The normalized spacial score (nSPS) is 17.1. The van der Waals surface area contributed by atoms with Crippen LogP contribution in [0.3, 0.4) is 0 Å². The molecule has 0 amide bonds. The molecule has 4 heteroatoms. The lowest BCUT2D eigenvalue weighted by molar-refractivity contribution is -0.122. The van der Waals surface area contributed by atoms with Gasteiger partial charge in [-0.1, -0.05) is 23.2 Å². The molecule has 92 valence electrons. The van der Waals surface area contributed by atoms with E-state index in [-0.39, 0.29) is 11.7 Å². The Kier molecular flexibility index (Phi) is 4.43. The van der Waals surface area contributed by atoms with E-state index in [1.54, 1.807) is 18.2 Å². The maximum Gasteiger partial charge on any atom is 0.140 e. The Balaban J connectivity index is 2.04. The van der Waals surface area contributed by atoms with Gasteiger partial charge >= 0.3 is 0 Å². The van der Waals surface area contributed by atoms with Crippen molar-refractivity contribution < 1.29 is 4.79 Å². The van der Waals surface area contributed by atoms with E-state index in [0.29, 0.717) is 16.5 Å². The number of carbonyl (C=O) groups is 1. The van der Waals surface area contributed by atoms with E-state index in [9.17, 15) is 4.79 Å². The molecule has 1 aliphatic heterocycles. The topological polar surface area (TPSA) is 29.1 Å². The lowest BCUT2D eigenvalue weighted by Gasteiger charge is -2.21. The number of Topliss-reactive ketones (excluding diaryl/α,β-unsaturated/α-hetero) is 1. The summed E-state index contributed by atoms with van der Waals surface area (Å²) in [6.07, 6.45) is 2.25. The van der Waals surface area contributed by atoms with E-state index >= 15 is 0 Å². The second-order valence-electron chi connectivity index (χ2n) is 4.40. The van der Waals surface area contributed by atoms with Gasteiger partial charge in [0.2, 0.25) is 0 Å². The van der Waals surface area contributed by atoms with Crippen LogP contribution in [0.5, 0.6) is 0 Å². The maximum atomic E-state index is 12.1. The average Bonchev–Trinajstić information content (AvgIpc) is 2.35. The van der Waals surface area contributed by atoms with Crippen LogP contribution in [0, 0.1) is 5.92 Å². The first-order valence-electron chi connectivity index (χ1n) is 5.84. The molecule has 1 saturated heterocycles. The predicted molar refractivity (Wildman–Crippen MR) is 70.8 cm³/mol. The number of benzene rings is 1. The number of rotatable bonds is 3. The fourth-order valence-corrected chi connectivity index (χ4v) is 2.53. The Bertz CT molecular complexity index is 414. The van der Waals surface area contributed by atoms with E-state index in [0.717, 1.165) is 31.5 Å². The van der Waals surface area contributed by atoms with Crippen molar-refractivity contribution in [2.75, 3.05) is 13.1 Å². The van der Waals surface area contributed by atoms with Gasteiger partial charge in [-0.2, -0.15) is 0 Å². The number of hydrogen-bond donors (Lipinski definition) is 1. The van der Waals surface area contributed by atoms with E-state index in [1.165, 1.54) is 0 Å². The van der Waals surface area contributed by atoms with Crippen LogP contribution in [0.2, 0.25) is 10.0 Å². The first-order valence-corrected chi connectivity index (χ1v) is 6.60. The molecular formula is C13H15Cl2NO. The summed E-state index contributed by atoms with van der Waals surface area (Å²) in [5.41, 5.74) is 0.836. The third-order valence-electron chi connectivity index (χ3n) is 3.17. The molecule has 0 unspecified atom stereocenters. The molecule has 0 bridgehead atoms. The lowest BCUT2D eigenvalue weighted by Crippen LogP contribution is -2.32. The van der Waals surface area contributed by atoms with Gasteiger partial charge in [0, 0.05) is 22.4 Å². The van der Waals surface area contributed by atoms with E-state index < -0.39 is 0 Å². The minimum Gasteiger partial charge on any atom is -0.317 e. The number of ketones is 1. The predicted octanol–water partition coefficient (Wildman–Crippen LogP) is 3.10. The second-order valence-corrected chi connectivity index (χ2v) is 5.25. The SMILES string of the molecule is O=C(Cc1cc(Cl)ccc1Cl)C1CCNCC1. The Hall–Kier alpha value is -0.570. The van der Waals surface area contributed by atoms with Gasteiger partial charge in [0.1, 0.15) is 5.78 Å². The van der Waals surface area contributed by atoms with Crippen LogP contribution in [0.25, 0.3) is 0 Å². The molecule has 0 radical (unpaired) electrons. The largest absolute Gasteiger partial charge is 0.317 e. The minimum atomic E-state index is 0.172. The zero-order chi connectivity index (χ0) is 12.3. The van der Waals surface area contributed by atoms with Gasteiger partial charge in [-0.15, -0.1) is 0 Å². The third-order valence-corrected chi connectivity index (χ3v) is 3.77. The highest BCUT2D eigenvalue weighted by atomic mass is 35.5. The Labute approximate surface area is 111 Å². The summed E-state index contributed by atoms with van der Waals surface area (Å²) in [6, 6.07) is 5.26. The molecule has 2 rings (SSSR count). The monoisotopic (exact) mass is 271 g/mol. The van der Waals surface area contributed by atoms with Crippen LogP contribution in [-0.2, 0) is 11.2 Å². The minimum absolute atomic E-state index is 0.172. The first kappa shape index (κ1) is 12.9.